The third kappa shape index (κ3) is 4.31. The van der Waals surface area contributed by atoms with Gasteiger partial charge in [-0.1, -0.05) is 23.7 Å². The zero-order valence-corrected chi connectivity index (χ0v) is 16.7. The molecule has 28 heavy (non-hydrogen) atoms. The monoisotopic (exact) mass is 399 g/mol. The summed E-state index contributed by atoms with van der Waals surface area (Å²) in [5.74, 6) is 1.17. The second-order valence-electron chi connectivity index (χ2n) is 7.91. The Hall–Kier alpha value is -2.11. The molecule has 3 heterocycles. The molecule has 4 rings (SSSR count). The maximum Gasteiger partial charge on any atom is 0.276 e. The van der Waals surface area contributed by atoms with Gasteiger partial charge < -0.3 is 10.0 Å². The van der Waals surface area contributed by atoms with Crippen molar-refractivity contribution in [3.8, 4) is 5.75 Å². The maximum absolute atomic E-state index is 12.6. The Morgan fingerprint density at radius 3 is 2.50 bits per heavy atom. The van der Waals surface area contributed by atoms with Crippen LogP contribution in [0, 0.1) is 11.8 Å². The van der Waals surface area contributed by atoms with Crippen LogP contribution in [0.1, 0.15) is 35.3 Å². The average Bonchev–Trinajstić information content (AvgIpc) is 3.18. The summed E-state index contributed by atoms with van der Waals surface area (Å²) in [6.07, 6.45) is 4.83. The molecule has 0 spiro atoms. The summed E-state index contributed by atoms with van der Waals surface area (Å²) in [6, 6.07) is 11.3. The van der Waals surface area contributed by atoms with Gasteiger partial charge in [-0.25, -0.2) is 4.98 Å². The van der Waals surface area contributed by atoms with Crippen LogP contribution in [-0.4, -0.2) is 52.0 Å². The number of aromatic nitrogens is 1. The Kier molecular flexibility index (Phi) is 5.83. The van der Waals surface area contributed by atoms with Gasteiger partial charge in [-0.2, -0.15) is 0 Å². The number of piperidine rings is 1. The molecule has 0 radical (unpaired) electrons. The van der Waals surface area contributed by atoms with E-state index in [1.54, 1.807) is 12.3 Å². The van der Waals surface area contributed by atoms with Gasteiger partial charge in [-0.15, -0.1) is 0 Å². The third-order valence-corrected chi connectivity index (χ3v) is 6.36. The molecule has 5 nitrogen and oxygen atoms in total. The van der Waals surface area contributed by atoms with Crippen LogP contribution in [0.3, 0.4) is 0 Å². The van der Waals surface area contributed by atoms with Crippen molar-refractivity contribution in [3.05, 3.63) is 58.9 Å². The van der Waals surface area contributed by atoms with Gasteiger partial charge in [0.1, 0.15) is 5.75 Å². The van der Waals surface area contributed by atoms with Crippen LogP contribution in [0.4, 0.5) is 0 Å². The first-order valence-electron chi connectivity index (χ1n) is 10.00. The highest BCUT2D eigenvalue weighted by atomic mass is 35.5. The number of amides is 1. The van der Waals surface area contributed by atoms with Crippen LogP contribution in [0.2, 0.25) is 5.02 Å². The number of hydrogen-bond donors (Lipinski definition) is 1. The zero-order valence-electron chi connectivity index (χ0n) is 15.9. The van der Waals surface area contributed by atoms with Crippen LogP contribution in [0.15, 0.2) is 42.6 Å². The lowest BCUT2D eigenvalue weighted by molar-refractivity contribution is 0.0650. The SMILES string of the molecule is O=C(c1ncccc1O)N1CCC(C2CCN(Cc3ccc(Cl)cc3)C2)CC1. The molecular formula is C22H26ClN3O2. The number of carbonyl (C=O) groups excluding carboxylic acids is 1. The number of rotatable bonds is 4. The minimum atomic E-state index is -0.160. The minimum Gasteiger partial charge on any atom is -0.505 e. The molecular weight excluding hydrogens is 374 g/mol. The number of hydrogen-bond acceptors (Lipinski definition) is 4. The van der Waals surface area contributed by atoms with E-state index in [4.69, 9.17) is 11.6 Å². The van der Waals surface area contributed by atoms with Gasteiger partial charge in [0, 0.05) is 37.4 Å². The quantitative estimate of drug-likeness (QED) is 0.849. The fourth-order valence-electron chi connectivity index (χ4n) is 4.52. The van der Waals surface area contributed by atoms with Crippen LogP contribution in [0.25, 0.3) is 0 Å². The van der Waals surface area contributed by atoms with E-state index in [1.165, 1.54) is 18.1 Å². The molecule has 2 fully saturated rings. The van der Waals surface area contributed by atoms with Crippen molar-refractivity contribution >= 4 is 17.5 Å². The van der Waals surface area contributed by atoms with E-state index in [-0.39, 0.29) is 17.4 Å². The molecule has 1 amide bonds. The number of aromatic hydroxyl groups is 1. The van der Waals surface area contributed by atoms with Crippen molar-refractivity contribution in [2.75, 3.05) is 26.2 Å². The van der Waals surface area contributed by atoms with Crippen LogP contribution in [-0.2, 0) is 6.54 Å². The molecule has 2 aliphatic rings. The van der Waals surface area contributed by atoms with Crippen molar-refractivity contribution in [2.45, 2.75) is 25.8 Å². The summed E-state index contributed by atoms with van der Waals surface area (Å²) >= 11 is 5.98. The van der Waals surface area contributed by atoms with Gasteiger partial charge in [0.05, 0.1) is 0 Å². The number of carbonyl (C=O) groups is 1. The number of halogens is 1. The first kappa shape index (κ1) is 19.2. The zero-order chi connectivity index (χ0) is 19.5. The summed E-state index contributed by atoms with van der Waals surface area (Å²) in [7, 11) is 0. The molecule has 0 bridgehead atoms. The van der Waals surface area contributed by atoms with Gasteiger partial charge in [0.25, 0.3) is 5.91 Å². The van der Waals surface area contributed by atoms with E-state index in [2.05, 4.69) is 22.0 Å². The predicted molar refractivity (Wildman–Crippen MR) is 109 cm³/mol. The number of likely N-dealkylation sites (tertiary alicyclic amines) is 2. The molecule has 2 aromatic rings. The molecule has 1 aromatic heterocycles. The number of benzene rings is 1. The molecule has 148 valence electrons. The molecule has 2 aliphatic heterocycles. The fraction of sp³-hybridized carbons (Fsp3) is 0.455. The third-order valence-electron chi connectivity index (χ3n) is 6.11. The smallest absolute Gasteiger partial charge is 0.276 e. The highest BCUT2D eigenvalue weighted by molar-refractivity contribution is 6.30. The van der Waals surface area contributed by atoms with Crippen molar-refractivity contribution in [2.24, 2.45) is 11.8 Å². The average molecular weight is 400 g/mol. The van der Waals surface area contributed by atoms with E-state index in [0.29, 0.717) is 11.8 Å². The Morgan fingerprint density at radius 2 is 1.79 bits per heavy atom. The van der Waals surface area contributed by atoms with Crippen molar-refractivity contribution < 1.29 is 9.90 Å². The Morgan fingerprint density at radius 1 is 1.07 bits per heavy atom. The largest absolute Gasteiger partial charge is 0.505 e. The Bertz CT molecular complexity index is 819. The van der Waals surface area contributed by atoms with Crippen LogP contribution >= 0.6 is 11.6 Å². The van der Waals surface area contributed by atoms with Gasteiger partial charge in [-0.05, 0) is 67.5 Å². The van der Waals surface area contributed by atoms with Gasteiger partial charge >= 0.3 is 0 Å². The topological polar surface area (TPSA) is 56.7 Å². The molecule has 6 heteroatoms. The molecule has 0 aliphatic carbocycles. The van der Waals surface area contributed by atoms with Crippen molar-refractivity contribution in [3.63, 3.8) is 0 Å². The van der Waals surface area contributed by atoms with Crippen molar-refractivity contribution in [1.82, 2.24) is 14.8 Å². The van der Waals surface area contributed by atoms with Gasteiger partial charge in [0.15, 0.2) is 5.69 Å². The number of pyridine rings is 1. The van der Waals surface area contributed by atoms with E-state index < -0.39 is 0 Å². The van der Waals surface area contributed by atoms with Gasteiger partial charge in [0.2, 0.25) is 0 Å². The minimum absolute atomic E-state index is 0.0387. The lowest BCUT2D eigenvalue weighted by Gasteiger charge is -2.34. The maximum atomic E-state index is 12.6. The molecule has 0 saturated carbocycles. The lowest BCUT2D eigenvalue weighted by Crippen LogP contribution is -2.40. The van der Waals surface area contributed by atoms with E-state index in [9.17, 15) is 9.90 Å². The Labute approximate surface area is 170 Å². The van der Waals surface area contributed by atoms with E-state index >= 15 is 0 Å². The highest BCUT2D eigenvalue weighted by Crippen LogP contribution is 2.33. The summed E-state index contributed by atoms with van der Waals surface area (Å²) in [5.41, 5.74) is 1.47. The molecule has 1 aromatic carbocycles. The molecule has 2 saturated heterocycles. The molecule has 1 atom stereocenters. The number of nitrogens with zero attached hydrogens (tertiary/aromatic N) is 3. The summed E-state index contributed by atoms with van der Waals surface area (Å²) in [6.45, 7) is 4.72. The fourth-order valence-corrected chi connectivity index (χ4v) is 4.65. The summed E-state index contributed by atoms with van der Waals surface area (Å²) in [4.78, 5) is 21.0. The molecule has 1 unspecified atom stereocenters. The predicted octanol–water partition coefficient (Wildman–Crippen LogP) is 3.81. The second-order valence-corrected chi connectivity index (χ2v) is 8.35. The highest BCUT2D eigenvalue weighted by Gasteiger charge is 2.33. The first-order chi connectivity index (χ1) is 13.6. The Balaban J connectivity index is 1.28. The summed E-state index contributed by atoms with van der Waals surface area (Å²) in [5, 5.41) is 10.7. The standard InChI is InChI=1S/C22H26ClN3O2/c23-19-5-3-16(4-6-19)14-25-11-7-18(15-25)17-8-12-26(13-9-17)22(28)21-20(27)2-1-10-24-21/h1-6,10,17-18,27H,7-9,11-15H2. The second kappa shape index (κ2) is 8.50. The van der Waals surface area contributed by atoms with E-state index in [1.807, 2.05) is 17.0 Å². The van der Waals surface area contributed by atoms with Crippen LogP contribution in [0.5, 0.6) is 5.75 Å². The van der Waals surface area contributed by atoms with Crippen LogP contribution < -0.4 is 0 Å². The van der Waals surface area contributed by atoms with Gasteiger partial charge in [-0.3, -0.25) is 9.69 Å². The van der Waals surface area contributed by atoms with Crippen molar-refractivity contribution in [1.29, 1.82) is 0 Å². The summed E-state index contributed by atoms with van der Waals surface area (Å²) < 4.78 is 0. The lowest BCUT2D eigenvalue weighted by atomic mass is 9.83. The normalized spacial score (nSPS) is 21.2. The molecule has 1 N–H and O–H groups in total. The van der Waals surface area contributed by atoms with E-state index in [0.717, 1.165) is 50.6 Å². The first-order valence-corrected chi connectivity index (χ1v) is 10.4.